The van der Waals surface area contributed by atoms with Crippen molar-refractivity contribution in [2.24, 2.45) is 0 Å². The third-order valence-corrected chi connectivity index (χ3v) is 5.90. The largest absolute Gasteiger partial charge is 0.423 e. The lowest BCUT2D eigenvalue weighted by molar-refractivity contribution is 0.0725. The summed E-state index contributed by atoms with van der Waals surface area (Å²) in [6.07, 6.45) is 0. The standard InChI is InChI=1S/C17H15ClFNO5S/c18-12-2-1-3-13(10-12)25-17(21)15-11-14(4-5-16(15)19)26(22,23)20-6-8-24-9-7-20/h1-5,10-11H,6-9H2. The summed E-state index contributed by atoms with van der Waals surface area (Å²) in [5.74, 6) is -1.76. The lowest BCUT2D eigenvalue weighted by Gasteiger charge is -2.26. The molecule has 2 aromatic rings. The minimum atomic E-state index is -3.86. The van der Waals surface area contributed by atoms with Crippen LogP contribution in [0, 0.1) is 5.82 Å². The van der Waals surface area contributed by atoms with E-state index in [1.807, 2.05) is 0 Å². The molecule has 1 aliphatic heterocycles. The minimum Gasteiger partial charge on any atom is -0.423 e. The van der Waals surface area contributed by atoms with E-state index in [0.717, 1.165) is 18.2 Å². The number of carbonyl (C=O) groups is 1. The summed E-state index contributed by atoms with van der Waals surface area (Å²) in [4.78, 5) is 12.1. The van der Waals surface area contributed by atoms with Crippen LogP contribution in [-0.4, -0.2) is 45.0 Å². The molecule has 0 radical (unpaired) electrons. The van der Waals surface area contributed by atoms with Gasteiger partial charge in [-0.3, -0.25) is 0 Å². The summed E-state index contributed by atoms with van der Waals surface area (Å²) in [6.45, 7) is 0.957. The van der Waals surface area contributed by atoms with Crippen LogP contribution in [0.3, 0.4) is 0 Å². The molecule has 26 heavy (non-hydrogen) atoms. The van der Waals surface area contributed by atoms with Crippen LogP contribution in [0.5, 0.6) is 5.75 Å². The minimum absolute atomic E-state index is 0.128. The second-order valence-corrected chi connectivity index (χ2v) is 7.88. The highest BCUT2D eigenvalue weighted by molar-refractivity contribution is 7.89. The summed E-state index contributed by atoms with van der Waals surface area (Å²) in [7, 11) is -3.86. The van der Waals surface area contributed by atoms with Crippen molar-refractivity contribution in [3.8, 4) is 5.75 Å². The van der Waals surface area contributed by atoms with Crippen molar-refractivity contribution in [1.29, 1.82) is 0 Å². The van der Waals surface area contributed by atoms with E-state index in [1.165, 1.54) is 16.4 Å². The van der Waals surface area contributed by atoms with Crippen molar-refractivity contribution in [2.75, 3.05) is 26.3 Å². The Morgan fingerprint density at radius 2 is 1.88 bits per heavy atom. The van der Waals surface area contributed by atoms with Gasteiger partial charge in [0.2, 0.25) is 10.0 Å². The Morgan fingerprint density at radius 3 is 2.58 bits per heavy atom. The molecule has 0 aliphatic carbocycles. The molecule has 1 heterocycles. The highest BCUT2D eigenvalue weighted by atomic mass is 35.5. The van der Waals surface area contributed by atoms with Gasteiger partial charge in [0.05, 0.1) is 23.7 Å². The van der Waals surface area contributed by atoms with E-state index in [1.54, 1.807) is 12.1 Å². The van der Waals surface area contributed by atoms with Gasteiger partial charge in [-0.15, -0.1) is 0 Å². The van der Waals surface area contributed by atoms with Crippen LogP contribution in [0.15, 0.2) is 47.4 Å². The van der Waals surface area contributed by atoms with Crippen molar-refractivity contribution in [2.45, 2.75) is 4.90 Å². The molecule has 1 saturated heterocycles. The zero-order valence-electron chi connectivity index (χ0n) is 13.5. The molecule has 3 rings (SSSR count). The van der Waals surface area contributed by atoms with E-state index in [9.17, 15) is 17.6 Å². The van der Waals surface area contributed by atoms with Crippen LogP contribution < -0.4 is 4.74 Å². The van der Waals surface area contributed by atoms with Gasteiger partial charge >= 0.3 is 5.97 Å². The fourth-order valence-corrected chi connectivity index (χ4v) is 4.06. The lowest BCUT2D eigenvalue weighted by atomic mass is 10.2. The maximum atomic E-state index is 14.1. The molecule has 0 bridgehead atoms. The number of nitrogens with zero attached hydrogens (tertiary/aromatic N) is 1. The number of rotatable bonds is 4. The lowest BCUT2D eigenvalue weighted by Crippen LogP contribution is -2.40. The SMILES string of the molecule is O=C(Oc1cccc(Cl)c1)c1cc(S(=O)(=O)N2CCOCC2)ccc1F. The highest BCUT2D eigenvalue weighted by Gasteiger charge is 2.28. The van der Waals surface area contributed by atoms with Gasteiger partial charge in [0, 0.05) is 18.1 Å². The average Bonchev–Trinajstić information content (AvgIpc) is 2.62. The Balaban J connectivity index is 1.88. The molecule has 1 fully saturated rings. The molecule has 1 aliphatic rings. The smallest absolute Gasteiger partial charge is 0.346 e. The summed E-state index contributed by atoms with van der Waals surface area (Å²) in [5, 5.41) is 0.347. The van der Waals surface area contributed by atoms with Gasteiger partial charge in [-0.2, -0.15) is 4.31 Å². The van der Waals surface area contributed by atoms with E-state index in [-0.39, 0.29) is 36.9 Å². The Labute approximate surface area is 155 Å². The van der Waals surface area contributed by atoms with Crippen LogP contribution in [0.4, 0.5) is 4.39 Å². The first-order chi connectivity index (χ1) is 12.4. The number of sulfonamides is 1. The van der Waals surface area contributed by atoms with Crippen molar-refractivity contribution in [3.63, 3.8) is 0 Å². The molecule has 0 unspecified atom stereocenters. The maximum Gasteiger partial charge on any atom is 0.346 e. The second-order valence-electron chi connectivity index (χ2n) is 5.51. The summed E-state index contributed by atoms with van der Waals surface area (Å²) in [6, 6.07) is 9.07. The van der Waals surface area contributed by atoms with Crippen LogP contribution in [0.1, 0.15) is 10.4 Å². The van der Waals surface area contributed by atoms with Crippen molar-refractivity contribution in [1.82, 2.24) is 4.31 Å². The Hall–Kier alpha value is -2.00. The second kappa shape index (κ2) is 7.71. The number of morpholine rings is 1. The van der Waals surface area contributed by atoms with Crippen molar-refractivity contribution >= 4 is 27.6 Å². The van der Waals surface area contributed by atoms with Gasteiger partial charge in [-0.1, -0.05) is 17.7 Å². The van der Waals surface area contributed by atoms with Crippen LogP contribution in [0.2, 0.25) is 5.02 Å². The highest BCUT2D eigenvalue weighted by Crippen LogP contribution is 2.23. The van der Waals surface area contributed by atoms with Gasteiger partial charge in [0.15, 0.2) is 0 Å². The quantitative estimate of drug-likeness (QED) is 0.584. The van der Waals surface area contributed by atoms with E-state index in [4.69, 9.17) is 21.1 Å². The van der Waals surface area contributed by atoms with Crippen LogP contribution in [-0.2, 0) is 14.8 Å². The summed E-state index contributed by atoms with van der Waals surface area (Å²) in [5.41, 5.74) is -0.473. The molecular formula is C17H15ClFNO5S. The molecular weight excluding hydrogens is 385 g/mol. The predicted molar refractivity (Wildman–Crippen MR) is 92.4 cm³/mol. The number of esters is 1. The van der Waals surface area contributed by atoms with Crippen molar-refractivity contribution in [3.05, 3.63) is 58.9 Å². The van der Waals surface area contributed by atoms with E-state index in [2.05, 4.69) is 0 Å². The molecule has 138 valence electrons. The molecule has 0 saturated carbocycles. The van der Waals surface area contributed by atoms with Crippen LogP contribution in [0.25, 0.3) is 0 Å². The molecule has 9 heteroatoms. The number of hydrogen-bond donors (Lipinski definition) is 0. The van der Waals surface area contributed by atoms with E-state index < -0.39 is 27.4 Å². The Morgan fingerprint density at radius 1 is 1.15 bits per heavy atom. The number of hydrogen-bond acceptors (Lipinski definition) is 5. The zero-order chi connectivity index (χ0) is 18.7. The van der Waals surface area contributed by atoms with Gasteiger partial charge in [0.25, 0.3) is 0 Å². The molecule has 2 aromatic carbocycles. The van der Waals surface area contributed by atoms with Gasteiger partial charge in [-0.05, 0) is 36.4 Å². The number of carbonyl (C=O) groups excluding carboxylic acids is 1. The number of benzene rings is 2. The number of halogens is 2. The first-order valence-corrected chi connectivity index (χ1v) is 9.55. The molecule has 0 spiro atoms. The van der Waals surface area contributed by atoms with E-state index in [0.29, 0.717) is 5.02 Å². The van der Waals surface area contributed by atoms with Gasteiger partial charge < -0.3 is 9.47 Å². The maximum absolute atomic E-state index is 14.1. The fourth-order valence-electron chi connectivity index (χ4n) is 2.45. The third-order valence-electron chi connectivity index (χ3n) is 3.77. The third kappa shape index (κ3) is 4.04. The molecule has 0 aromatic heterocycles. The van der Waals surface area contributed by atoms with Gasteiger partial charge in [-0.25, -0.2) is 17.6 Å². The zero-order valence-corrected chi connectivity index (χ0v) is 15.1. The molecule has 0 amide bonds. The van der Waals surface area contributed by atoms with Crippen LogP contribution >= 0.6 is 11.6 Å². The topological polar surface area (TPSA) is 72.9 Å². The normalized spacial score (nSPS) is 15.6. The summed E-state index contributed by atoms with van der Waals surface area (Å²) < 4.78 is 50.8. The summed E-state index contributed by atoms with van der Waals surface area (Å²) >= 11 is 5.82. The first-order valence-electron chi connectivity index (χ1n) is 7.73. The van der Waals surface area contributed by atoms with Gasteiger partial charge in [0.1, 0.15) is 11.6 Å². The fraction of sp³-hybridized carbons (Fsp3) is 0.235. The Bertz CT molecular complexity index is 929. The van der Waals surface area contributed by atoms with E-state index >= 15 is 0 Å². The molecule has 6 nitrogen and oxygen atoms in total. The monoisotopic (exact) mass is 399 g/mol. The molecule has 0 atom stereocenters. The average molecular weight is 400 g/mol. The predicted octanol–water partition coefficient (Wildman–Crippen LogP) is 2.72. The molecule has 0 N–H and O–H groups in total. The number of ether oxygens (including phenoxy) is 2. The Kier molecular flexibility index (Phi) is 5.57. The van der Waals surface area contributed by atoms with Crippen molar-refractivity contribution < 1.29 is 27.1 Å². The first kappa shape index (κ1) is 18.8.